The number of thiophene rings is 1. The first-order valence-electron chi connectivity index (χ1n) is 7.53. The van der Waals surface area contributed by atoms with Crippen molar-refractivity contribution in [1.82, 2.24) is 5.32 Å². The molecule has 2 heteroatoms. The maximum atomic E-state index is 3.56. The van der Waals surface area contributed by atoms with Gasteiger partial charge < -0.3 is 5.32 Å². The third kappa shape index (κ3) is 3.83. The van der Waals surface area contributed by atoms with E-state index in [4.69, 9.17) is 0 Å². The lowest BCUT2D eigenvalue weighted by Crippen LogP contribution is -2.37. The first-order chi connectivity index (χ1) is 8.83. The van der Waals surface area contributed by atoms with Crippen molar-refractivity contribution in [1.29, 1.82) is 0 Å². The Kier molecular flexibility index (Phi) is 5.71. The van der Waals surface area contributed by atoms with Gasteiger partial charge in [0, 0.05) is 10.9 Å². The molecule has 1 heterocycles. The molecule has 0 saturated heterocycles. The molecule has 2 rings (SSSR count). The fourth-order valence-corrected chi connectivity index (χ4v) is 4.20. The van der Waals surface area contributed by atoms with Gasteiger partial charge in [0.25, 0.3) is 0 Å². The minimum Gasteiger partial charge on any atom is -0.316 e. The predicted octanol–water partition coefficient (Wildman–Crippen LogP) is 4.49. The van der Waals surface area contributed by atoms with Crippen LogP contribution in [0.3, 0.4) is 0 Å². The molecule has 1 aliphatic rings. The van der Waals surface area contributed by atoms with Gasteiger partial charge in [-0.2, -0.15) is 0 Å². The van der Waals surface area contributed by atoms with Crippen LogP contribution in [0.5, 0.6) is 0 Å². The molecule has 1 aromatic heterocycles. The second-order valence-corrected chi connectivity index (χ2v) is 6.78. The van der Waals surface area contributed by atoms with Crippen LogP contribution in [0.1, 0.15) is 50.3 Å². The zero-order chi connectivity index (χ0) is 12.8. The summed E-state index contributed by atoms with van der Waals surface area (Å²) >= 11 is 1.90. The number of nitrogens with one attached hydrogen (secondary N) is 1. The Bertz CT molecular complexity index is 312. The van der Waals surface area contributed by atoms with Gasteiger partial charge in [0.1, 0.15) is 0 Å². The van der Waals surface area contributed by atoms with Gasteiger partial charge in [-0.15, -0.1) is 11.3 Å². The van der Waals surface area contributed by atoms with Crippen LogP contribution in [-0.4, -0.2) is 13.1 Å². The van der Waals surface area contributed by atoms with E-state index in [-0.39, 0.29) is 0 Å². The summed E-state index contributed by atoms with van der Waals surface area (Å²) in [6, 6.07) is 5.13. The van der Waals surface area contributed by atoms with E-state index < -0.39 is 0 Å². The largest absolute Gasteiger partial charge is 0.316 e. The fraction of sp³-hybridized carbons (Fsp3) is 0.750. The smallest absolute Gasteiger partial charge is 0.0141 e. The standard InChI is InChI=1S/C16H27NS/c1-3-5-13-7-9-14(10-8-13)16(17-2)12-15-6-4-11-18-15/h4,6,11,13-14,16-17H,3,5,7-10,12H2,1-2H3. The summed E-state index contributed by atoms with van der Waals surface area (Å²) in [5.74, 6) is 1.91. The van der Waals surface area contributed by atoms with Crippen molar-refractivity contribution in [3.05, 3.63) is 22.4 Å². The molecule has 18 heavy (non-hydrogen) atoms. The molecule has 0 spiro atoms. The lowest BCUT2D eigenvalue weighted by atomic mass is 9.76. The van der Waals surface area contributed by atoms with Crippen LogP contribution in [0.25, 0.3) is 0 Å². The Balaban J connectivity index is 1.82. The van der Waals surface area contributed by atoms with E-state index in [9.17, 15) is 0 Å². The molecule has 1 saturated carbocycles. The van der Waals surface area contributed by atoms with Gasteiger partial charge in [-0.25, -0.2) is 0 Å². The first kappa shape index (κ1) is 14.1. The highest BCUT2D eigenvalue weighted by atomic mass is 32.1. The Morgan fingerprint density at radius 3 is 2.67 bits per heavy atom. The van der Waals surface area contributed by atoms with E-state index in [1.165, 1.54) is 49.8 Å². The summed E-state index contributed by atoms with van der Waals surface area (Å²) in [6.07, 6.45) is 9.81. The lowest BCUT2D eigenvalue weighted by Gasteiger charge is -2.33. The zero-order valence-electron chi connectivity index (χ0n) is 11.8. The zero-order valence-corrected chi connectivity index (χ0v) is 12.6. The van der Waals surface area contributed by atoms with E-state index in [1.807, 2.05) is 11.3 Å². The minimum atomic E-state index is 0.686. The molecule has 1 atom stereocenters. The summed E-state index contributed by atoms with van der Waals surface area (Å²) in [5, 5.41) is 5.76. The molecule has 1 N–H and O–H groups in total. The first-order valence-corrected chi connectivity index (χ1v) is 8.41. The molecule has 0 amide bonds. The van der Waals surface area contributed by atoms with Gasteiger partial charge in [-0.05, 0) is 49.6 Å². The Hall–Kier alpha value is -0.340. The van der Waals surface area contributed by atoms with Crippen LogP contribution in [0.2, 0.25) is 0 Å². The predicted molar refractivity (Wildman–Crippen MR) is 81.2 cm³/mol. The molecule has 0 aromatic carbocycles. The minimum absolute atomic E-state index is 0.686. The van der Waals surface area contributed by atoms with Crippen molar-refractivity contribution < 1.29 is 0 Å². The second-order valence-electron chi connectivity index (χ2n) is 5.75. The number of rotatable bonds is 6. The topological polar surface area (TPSA) is 12.0 Å². The van der Waals surface area contributed by atoms with Gasteiger partial charge >= 0.3 is 0 Å². The molecule has 1 nitrogen and oxygen atoms in total. The third-order valence-electron chi connectivity index (χ3n) is 4.53. The monoisotopic (exact) mass is 265 g/mol. The maximum Gasteiger partial charge on any atom is 0.0141 e. The molecule has 0 aliphatic heterocycles. The van der Waals surface area contributed by atoms with Crippen LogP contribution < -0.4 is 5.32 Å². The molecule has 0 bridgehead atoms. The molecule has 0 radical (unpaired) electrons. The molecule has 102 valence electrons. The van der Waals surface area contributed by atoms with Gasteiger partial charge in [0.15, 0.2) is 0 Å². The second kappa shape index (κ2) is 7.30. The average molecular weight is 265 g/mol. The van der Waals surface area contributed by atoms with Crippen LogP contribution in [-0.2, 0) is 6.42 Å². The van der Waals surface area contributed by atoms with Crippen molar-refractivity contribution in [2.75, 3.05) is 7.05 Å². The number of likely N-dealkylation sites (N-methyl/N-ethyl adjacent to an activating group) is 1. The highest BCUT2D eigenvalue weighted by Crippen LogP contribution is 2.34. The SMILES string of the molecule is CCCC1CCC(C(Cc2cccs2)NC)CC1. The quantitative estimate of drug-likeness (QED) is 0.799. The number of hydrogen-bond acceptors (Lipinski definition) is 2. The van der Waals surface area contributed by atoms with Gasteiger partial charge in [-0.1, -0.05) is 38.7 Å². The van der Waals surface area contributed by atoms with Crippen molar-refractivity contribution in [3.8, 4) is 0 Å². The highest BCUT2D eigenvalue weighted by molar-refractivity contribution is 7.09. The molecule has 1 unspecified atom stereocenters. The third-order valence-corrected chi connectivity index (χ3v) is 5.43. The van der Waals surface area contributed by atoms with E-state index in [0.29, 0.717) is 6.04 Å². The van der Waals surface area contributed by atoms with Crippen LogP contribution in [0, 0.1) is 11.8 Å². The molecule has 1 fully saturated rings. The van der Waals surface area contributed by atoms with Crippen molar-refractivity contribution in [2.45, 2.75) is 57.9 Å². The Labute approximate surface area is 116 Å². The fourth-order valence-electron chi connectivity index (χ4n) is 3.44. The van der Waals surface area contributed by atoms with Crippen LogP contribution >= 0.6 is 11.3 Å². The van der Waals surface area contributed by atoms with Crippen molar-refractivity contribution >= 4 is 11.3 Å². The summed E-state index contributed by atoms with van der Waals surface area (Å²) < 4.78 is 0. The Morgan fingerprint density at radius 2 is 2.11 bits per heavy atom. The Morgan fingerprint density at radius 1 is 1.33 bits per heavy atom. The van der Waals surface area contributed by atoms with Gasteiger partial charge in [0.2, 0.25) is 0 Å². The summed E-state index contributed by atoms with van der Waals surface area (Å²) in [6.45, 7) is 2.32. The molecular formula is C16H27NS. The molecule has 1 aromatic rings. The lowest BCUT2D eigenvalue weighted by molar-refractivity contribution is 0.218. The molecular weight excluding hydrogens is 238 g/mol. The summed E-state index contributed by atoms with van der Waals surface area (Å²) in [4.78, 5) is 1.53. The maximum absolute atomic E-state index is 3.56. The summed E-state index contributed by atoms with van der Waals surface area (Å²) in [5.41, 5.74) is 0. The summed E-state index contributed by atoms with van der Waals surface area (Å²) in [7, 11) is 2.14. The average Bonchev–Trinajstić information content (AvgIpc) is 2.90. The molecule has 1 aliphatic carbocycles. The highest BCUT2D eigenvalue weighted by Gasteiger charge is 2.26. The normalized spacial score (nSPS) is 26.1. The van der Waals surface area contributed by atoms with Crippen LogP contribution in [0.4, 0.5) is 0 Å². The van der Waals surface area contributed by atoms with Gasteiger partial charge in [0.05, 0.1) is 0 Å². The van der Waals surface area contributed by atoms with Crippen molar-refractivity contribution in [3.63, 3.8) is 0 Å². The van der Waals surface area contributed by atoms with Crippen LogP contribution in [0.15, 0.2) is 17.5 Å². The van der Waals surface area contributed by atoms with Crippen molar-refractivity contribution in [2.24, 2.45) is 11.8 Å². The number of hydrogen-bond donors (Lipinski definition) is 1. The van der Waals surface area contributed by atoms with E-state index in [0.717, 1.165) is 11.8 Å². The van der Waals surface area contributed by atoms with Gasteiger partial charge in [-0.3, -0.25) is 0 Å². The van der Waals surface area contributed by atoms with E-state index in [1.54, 1.807) is 0 Å². The van der Waals surface area contributed by atoms with E-state index >= 15 is 0 Å². The van der Waals surface area contributed by atoms with E-state index in [2.05, 4.69) is 36.8 Å².